The second-order valence-electron chi connectivity index (χ2n) is 0.192. The van der Waals surface area contributed by atoms with Crippen LogP contribution in [-0.4, -0.2) is 16.3 Å². The molecule has 7 heteroatoms. The maximum atomic E-state index is 8.46. The van der Waals surface area contributed by atoms with Crippen molar-refractivity contribution >= 4 is 33.7 Å². The molecule has 0 aromatic carbocycles. The Morgan fingerprint density at radius 1 is 1.12 bits per heavy atom. The van der Waals surface area contributed by atoms with Crippen molar-refractivity contribution in [3.05, 3.63) is 0 Å². The van der Waals surface area contributed by atoms with Gasteiger partial charge in [0.25, 0.3) is 0 Å². The summed E-state index contributed by atoms with van der Waals surface area (Å²) < 4.78 is 16.9. The molecule has 0 aliphatic rings. The zero-order chi connectivity index (χ0) is 7.41. The van der Waals surface area contributed by atoms with Crippen LogP contribution in [0.3, 0.4) is 0 Å². The van der Waals surface area contributed by atoms with E-state index in [4.69, 9.17) is 18.9 Å². The normalized spacial score (nSPS) is 8.12. The van der Waals surface area contributed by atoms with Crippen LogP contribution in [0.1, 0.15) is 0 Å². The van der Waals surface area contributed by atoms with E-state index < -0.39 is 17.4 Å². The van der Waals surface area contributed by atoms with Crippen molar-refractivity contribution in [2.45, 2.75) is 5.79 Å². The van der Waals surface area contributed by atoms with E-state index in [9.17, 15) is 0 Å². The van der Waals surface area contributed by atoms with Crippen molar-refractivity contribution in [3.63, 3.8) is 0 Å². The van der Waals surface area contributed by atoms with Gasteiger partial charge in [0, 0.05) is 0 Å². The Morgan fingerprint density at radius 2 is 1.12 bits per heavy atom. The monoisotopic (exact) mass is 172 g/mol. The molecule has 0 N–H and O–H groups in total. The van der Waals surface area contributed by atoms with Gasteiger partial charge in [0.05, 0.1) is 0 Å². The van der Waals surface area contributed by atoms with Gasteiger partial charge in [-0.05, 0) is 17.4 Å². The molecule has 0 fully saturated rings. The van der Waals surface area contributed by atoms with Crippen molar-refractivity contribution in [2.75, 3.05) is 0 Å². The van der Waals surface area contributed by atoms with Crippen molar-refractivity contribution in [2.24, 2.45) is 0 Å². The van der Waals surface area contributed by atoms with E-state index in [2.05, 4.69) is 16.3 Å². The summed E-state index contributed by atoms with van der Waals surface area (Å²) in [5.41, 5.74) is 0. The average molecular weight is 172 g/mol. The summed E-state index contributed by atoms with van der Waals surface area (Å²) in [4.78, 5) is 16.9. The first-order chi connectivity index (χ1) is 3.83. The fraction of sp³-hybridized carbons (Fsp3) is 1.00. The van der Waals surface area contributed by atoms with Crippen molar-refractivity contribution in [1.29, 1.82) is 0 Å². The van der Waals surface area contributed by atoms with Crippen molar-refractivity contribution in [3.8, 4) is 0 Å². The van der Waals surface area contributed by atoms with E-state index in [-0.39, 0.29) is 0 Å². The van der Waals surface area contributed by atoms with Crippen LogP contribution in [-0.2, 0) is 9.13 Å². The quantitative estimate of drug-likeness (QED) is 0.320. The van der Waals surface area contributed by atoms with Gasteiger partial charge in [-0.1, -0.05) is 0 Å². The van der Waals surface area contributed by atoms with Crippen LogP contribution in [0.15, 0.2) is 0 Å². The number of rotatable bonds is 0. The summed E-state index contributed by atoms with van der Waals surface area (Å²) in [5.74, 6) is 1.92. The molecular weight excluding hydrogens is 165 g/mol. The Balaban J connectivity index is -0.0000000483. The van der Waals surface area contributed by atoms with Crippen LogP contribution < -0.4 is 9.79 Å². The summed E-state index contributed by atoms with van der Waals surface area (Å²) in [6.45, 7) is 0. The molecule has 0 radical (unpaired) electrons. The van der Waals surface area contributed by atoms with E-state index in [0.717, 1.165) is 0 Å². The molecule has 0 heterocycles. The summed E-state index contributed by atoms with van der Waals surface area (Å²) in [6, 6.07) is 0. The van der Waals surface area contributed by atoms with Gasteiger partial charge in [0.2, 0.25) is 0 Å². The Morgan fingerprint density at radius 3 is 1.12 bits per heavy atom. The molecule has 0 saturated heterocycles. The van der Waals surface area contributed by atoms with Crippen LogP contribution in [0.5, 0.6) is 0 Å². The Bertz CT molecular complexity index is 35.0. The van der Waals surface area contributed by atoms with Gasteiger partial charge in [-0.3, -0.25) is 0 Å². The first kappa shape index (κ1) is 16.0. The third kappa shape index (κ3) is 290. The molecule has 4 nitrogen and oxygen atoms in total. The van der Waals surface area contributed by atoms with Gasteiger partial charge in [0.15, 0.2) is 0 Å². The average Bonchev–Trinajstić information content (AvgIpc) is 1.75. The fourth-order valence-corrected chi connectivity index (χ4v) is 0. The summed E-state index contributed by atoms with van der Waals surface area (Å²) in [5, 5.41) is 0. The molecule has 0 aliphatic carbocycles. The molecule has 0 saturated carbocycles. The number of hydrogen-bond donors (Lipinski definition) is 0. The molecular formula is CH7AlO4P2. The molecule has 48 valence electrons. The van der Waals surface area contributed by atoms with E-state index in [0.29, 0.717) is 0 Å². The third-order valence-electron chi connectivity index (χ3n) is 0. The number of hydrogen-bond acceptors (Lipinski definition) is 4. The van der Waals surface area contributed by atoms with Gasteiger partial charge >= 0.3 is 22.1 Å². The topological polar surface area (TPSA) is 80.3 Å². The van der Waals surface area contributed by atoms with Gasteiger partial charge in [-0.15, -0.1) is 0 Å². The zero-order valence-electron chi connectivity index (χ0n) is 4.37. The summed E-state index contributed by atoms with van der Waals surface area (Å²) in [7, 11) is -3.50. The molecule has 0 aromatic rings. The second-order valence-corrected chi connectivity index (χ2v) is 0.577. The standard InChI is InChI=1S/CH3.Al.2H3O2P/c;;2*1-3-2/h1H3;;2*3H2,(H,1,2)/q;+2;;/p-2. The van der Waals surface area contributed by atoms with E-state index in [1.807, 2.05) is 5.79 Å². The molecule has 0 bridgehead atoms. The fourth-order valence-electron chi connectivity index (χ4n) is 0. The molecule has 0 rings (SSSR count). The summed E-state index contributed by atoms with van der Waals surface area (Å²) in [6.07, 6.45) is 0. The third-order valence-corrected chi connectivity index (χ3v) is 0. The minimum absolute atomic E-state index is 1.75. The first-order valence-corrected chi connectivity index (χ1v) is 4.56. The van der Waals surface area contributed by atoms with Crippen LogP contribution in [0.2, 0.25) is 5.79 Å². The molecule has 0 aliphatic heterocycles. The Kier molecular flexibility index (Phi) is 88.9. The Labute approximate surface area is 58.9 Å². The van der Waals surface area contributed by atoms with Crippen molar-refractivity contribution in [1.82, 2.24) is 0 Å². The predicted octanol–water partition coefficient (Wildman–Crippen LogP) is -1.76. The van der Waals surface area contributed by atoms with E-state index in [1.165, 1.54) is 0 Å². The maximum absolute atomic E-state index is 8.46. The second kappa shape index (κ2) is 44.6. The van der Waals surface area contributed by atoms with Crippen LogP contribution in [0, 0.1) is 0 Å². The zero-order valence-corrected chi connectivity index (χ0v) is 7.83. The van der Waals surface area contributed by atoms with Gasteiger partial charge in [0.1, 0.15) is 0 Å². The van der Waals surface area contributed by atoms with Gasteiger partial charge < -0.3 is 18.9 Å². The Hall–Kier alpha value is 0.912. The van der Waals surface area contributed by atoms with E-state index in [1.54, 1.807) is 0 Å². The summed E-state index contributed by atoms with van der Waals surface area (Å²) >= 11 is 2.42. The van der Waals surface area contributed by atoms with Crippen LogP contribution >= 0.6 is 17.4 Å². The van der Waals surface area contributed by atoms with E-state index >= 15 is 0 Å². The molecule has 0 amide bonds. The van der Waals surface area contributed by atoms with Crippen LogP contribution in [0.25, 0.3) is 0 Å². The van der Waals surface area contributed by atoms with Gasteiger partial charge in [-0.25, -0.2) is 0 Å². The van der Waals surface area contributed by atoms with Crippen molar-refractivity contribution < 1.29 is 18.9 Å². The molecule has 0 spiro atoms. The minimum atomic E-state index is -1.75. The van der Waals surface area contributed by atoms with Gasteiger partial charge in [-0.2, -0.15) is 0 Å². The first-order valence-electron chi connectivity index (χ1n) is 1.52. The predicted molar refractivity (Wildman–Crippen MR) is 32.4 cm³/mol. The SMILES string of the molecule is O=[PH2][O-].O=[PH2][O-].[CH3][Al+2]. The van der Waals surface area contributed by atoms with Crippen LogP contribution in [0.4, 0.5) is 0 Å². The molecule has 2 atom stereocenters. The molecule has 8 heavy (non-hydrogen) atoms. The molecule has 0 aromatic heterocycles. The molecule has 2 unspecified atom stereocenters.